The van der Waals surface area contributed by atoms with Crippen molar-refractivity contribution < 1.29 is 0 Å². The van der Waals surface area contributed by atoms with Crippen molar-refractivity contribution in [1.82, 2.24) is 0 Å². The van der Waals surface area contributed by atoms with Gasteiger partial charge in [0.25, 0.3) is 0 Å². The van der Waals surface area contributed by atoms with E-state index in [9.17, 15) is 0 Å². The maximum absolute atomic E-state index is 5.20. The second-order valence-corrected chi connectivity index (χ2v) is 25.0. The average molecular weight is 1090 g/mol. The summed E-state index contributed by atoms with van der Waals surface area (Å²) < 4.78 is 5.26. The maximum atomic E-state index is 5.20. The summed E-state index contributed by atoms with van der Waals surface area (Å²) in [5.41, 5.74) is 28.0. The van der Waals surface area contributed by atoms with E-state index in [1.54, 1.807) is 18.6 Å². The van der Waals surface area contributed by atoms with Crippen LogP contribution >= 0.6 is 0 Å². The van der Waals surface area contributed by atoms with E-state index in [4.69, 9.17) is 9.98 Å². The molecule has 0 heterocycles. The van der Waals surface area contributed by atoms with Crippen LogP contribution in [0, 0.1) is 0 Å². The van der Waals surface area contributed by atoms with E-state index in [-0.39, 0.29) is 0 Å². The van der Waals surface area contributed by atoms with Crippen molar-refractivity contribution in [2.24, 2.45) is 9.98 Å². The van der Waals surface area contributed by atoms with Crippen LogP contribution in [0.2, 0.25) is 16.4 Å². The van der Waals surface area contributed by atoms with Crippen LogP contribution in [0.25, 0.3) is 0 Å². The van der Waals surface area contributed by atoms with Gasteiger partial charge >= 0.3 is 448 Å². The van der Waals surface area contributed by atoms with Gasteiger partial charge in [-0.1, -0.05) is 0 Å². The molecule has 0 N–H and O–H groups in total. The van der Waals surface area contributed by atoms with Gasteiger partial charge in [-0.2, -0.15) is 0 Å². The fraction of sp³-hybridized carbons (Fsp3) is 0.508. The van der Waals surface area contributed by atoms with Crippen molar-refractivity contribution in [1.29, 1.82) is 0 Å². The minimum absolute atomic E-state index is 0.451. The van der Waals surface area contributed by atoms with Gasteiger partial charge in [-0.15, -0.1) is 0 Å². The Morgan fingerprint density at radius 2 is 0.574 bits per heavy atom. The number of rotatable bonds is 18. The van der Waals surface area contributed by atoms with E-state index in [1.165, 1.54) is 67.3 Å². The first-order chi connectivity index (χ1) is 32.0. The zero-order valence-corrected chi connectivity index (χ0v) is 54.5. The Morgan fingerprint density at radius 1 is 0.382 bits per heavy atom. The number of para-hydroxylation sites is 4. The predicted molar refractivity (Wildman–Crippen MR) is 311 cm³/mol. The van der Waals surface area contributed by atoms with Crippen LogP contribution in [0.4, 0.5) is 22.7 Å². The molecule has 4 aromatic rings. The van der Waals surface area contributed by atoms with Crippen LogP contribution in [0.15, 0.2) is 106 Å². The Hall–Kier alpha value is -2.79. The number of anilines is 2. The standard InChI is InChI=1S/2C29H41N2.3CH3.3Ga/c2*1-18(2)24-13-11-14-25(19(3)4)28(24)30-22(9)17-23(10)31-29-26(20(5)6)15-12-16-27(29)21(7)8;;;;;;/h2*11-21H,1-10H3;3*1H3;;;/q2*-1;;;;;2*+1/b2*22-17-,31-23?;;;;;;. The third-order valence-corrected chi connectivity index (χ3v) is 17.5. The van der Waals surface area contributed by atoms with Crippen molar-refractivity contribution in [3.8, 4) is 0 Å². The Labute approximate surface area is 444 Å². The molecule has 0 aromatic heterocycles. The van der Waals surface area contributed by atoms with Gasteiger partial charge in [0.2, 0.25) is 0 Å². The van der Waals surface area contributed by atoms with Crippen molar-refractivity contribution in [3.05, 3.63) is 141 Å². The molecule has 364 valence electrons. The summed E-state index contributed by atoms with van der Waals surface area (Å²) in [5.74, 6) is 3.80. The first kappa shape index (κ1) is 61.3. The number of hydrogen-bond acceptors (Lipinski definition) is 4. The Kier molecular flexibility index (Phi) is 26.6. The SMILES string of the molecule is [CH3][Ga].[CH3][Ga][N](/C(C)=C\C(C)=Nc1c(C(C)C)cccc1C(C)C)c1c(C(C)C)cccc1C(C)C.[CH3][Ga][N](/C(C)=C\C(C)=Nc1c(C(C)C)cccc1C(C)C)c1c(C(C)C)cccc1C(C)C. The Morgan fingerprint density at radius 3 is 0.750 bits per heavy atom. The van der Waals surface area contributed by atoms with Gasteiger partial charge in [0.05, 0.1) is 0 Å². The van der Waals surface area contributed by atoms with Crippen LogP contribution in [-0.2, 0) is 0 Å². The van der Waals surface area contributed by atoms with E-state index >= 15 is 0 Å². The molecule has 0 fully saturated rings. The molecule has 0 aliphatic heterocycles. The molecular weight excluding hydrogens is 998 g/mol. The van der Waals surface area contributed by atoms with Gasteiger partial charge < -0.3 is 0 Å². The van der Waals surface area contributed by atoms with E-state index in [2.05, 4.69) is 247 Å². The quantitative estimate of drug-likeness (QED) is 0.0734. The molecule has 68 heavy (non-hydrogen) atoms. The number of nitrogens with zero attached hydrogens (tertiary/aromatic N) is 4. The molecule has 7 heteroatoms. The summed E-state index contributed by atoms with van der Waals surface area (Å²) in [7, 11) is 0. The summed E-state index contributed by atoms with van der Waals surface area (Å²) in [5, 5.41) is 0. The predicted octanol–water partition coefficient (Wildman–Crippen LogP) is 18.9. The van der Waals surface area contributed by atoms with Gasteiger partial charge in [0, 0.05) is 0 Å². The topological polar surface area (TPSA) is 31.2 Å². The summed E-state index contributed by atoms with van der Waals surface area (Å²) >= 11 is 0.399. The summed E-state index contributed by atoms with van der Waals surface area (Å²) in [6.07, 6.45) is 4.59. The van der Waals surface area contributed by atoms with Crippen molar-refractivity contribution in [2.75, 3.05) is 7.21 Å². The molecule has 4 rings (SSSR count). The number of benzene rings is 4. The minimum atomic E-state index is -0.644. The molecule has 0 aliphatic carbocycles. The fourth-order valence-corrected chi connectivity index (χ4v) is 13.4. The van der Waals surface area contributed by atoms with E-state index in [1.807, 2.05) is 0 Å². The zero-order valence-electron chi connectivity index (χ0n) is 47.2. The van der Waals surface area contributed by atoms with Gasteiger partial charge in [-0.3, -0.25) is 0 Å². The van der Waals surface area contributed by atoms with Crippen LogP contribution in [0.5, 0.6) is 0 Å². The number of hydrogen-bond donors (Lipinski definition) is 0. The summed E-state index contributed by atoms with van der Waals surface area (Å²) in [4.78, 5) is 10.4. The average Bonchev–Trinajstić information content (AvgIpc) is 3.27. The Balaban J connectivity index is 0.000000450. The van der Waals surface area contributed by atoms with Crippen LogP contribution in [0.1, 0.15) is 230 Å². The van der Waals surface area contributed by atoms with Gasteiger partial charge in [-0.25, -0.2) is 0 Å². The molecule has 4 aromatic carbocycles. The van der Waals surface area contributed by atoms with Gasteiger partial charge in [0.1, 0.15) is 0 Å². The van der Waals surface area contributed by atoms with E-state index < -0.39 is 35.3 Å². The Bertz CT molecular complexity index is 2060. The van der Waals surface area contributed by atoms with Gasteiger partial charge in [0.15, 0.2) is 0 Å². The molecular formula is C61H91Ga3N4. The molecule has 0 unspecified atom stereocenters. The molecule has 4 nitrogen and oxygen atoms in total. The zero-order chi connectivity index (χ0) is 51.7. The van der Waals surface area contributed by atoms with E-state index in [0.29, 0.717) is 47.3 Å². The molecule has 0 aliphatic rings. The summed E-state index contributed by atoms with van der Waals surface area (Å²) in [6, 6.07) is 27.0. The summed E-state index contributed by atoms with van der Waals surface area (Å²) in [6.45, 7) is 45.4. The third-order valence-electron chi connectivity index (χ3n) is 12.5. The van der Waals surface area contributed by atoms with Crippen molar-refractivity contribution in [2.45, 2.75) is 202 Å². The van der Waals surface area contributed by atoms with Gasteiger partial charge in [-0.05, 0) is 0 Å². The molecule has 0 bridgehead atoms. The first-order valence-electron chi connectivity index (χ1n) is 25.7. The monoisotopic (exact) mass is 1090 g/mol. The molecule has 0 spiro atoms. The van der Waals surface area contributed by atoms with Crippen LogP contribution in [-0.4, -0.2) is 65.3 Å². The van der Waals surface area contributed by atoms with Crippen molar-refractivity contribution in [3.63, 3.8) is 0 Å². The molecule has 0 saturated carbocycles. The molecule has 0 atom stereocenters. The van der Waals surface area contributed by atoms with Crippen molar-refractivity contribution >= 4 is 88.1 Å². The van der Waals surface area contributed by atoms with Crippen LogP contribution < -0.4 is 7.21 Å². The fourth-order valence-electron chi connectivity index (χ4n) is 9.04. The van der Waals surface area contributed by atoms with E-state index in [0.717, 1.165) is 22.8 Å². The first-order valence-corrected chi connectivity index (χ1v) is 35.1. The second-order valence-electron chi connectivity index (χ2n) is 20.7. The number of aliphatic imine (C=N–C) groups is 2. The van der Waals surface area contributed by atoms with Crippen LogP contribution in [0.3, 0.4) is 0 Å². The normalized spacial score (nSPS) is 12.6. The third kappa shape index (κ3) is 16.7. The molecule has 4 radical (unpaired) electrons. The second kappa shape index (κ2) is 29.5. The molecule has 0 amide bonds. The number of allylic oxidation sites excluding steroid dienone is 4. The molecule has 0 saturated heterocycles.